The van der Waals surface area contributed by atoms with E-state index in [0.717, 1.165) is 4.31 Å². The predicted octanol–water partition coefficient (Wildman–Crippen LogP) is 2.76. The van der Waals surface area contributed by atoms with Gasteiger partial charge in [-0.05, 0) is 12.1 Å². The fourth-order valence-corrected chi connectivity index (χ4v) is 4.88. The molecule has 0 aliphatic carbocycles. The van der Waals surface area contributed by atoms with Crippen molar-refractivity contribution < 1.29 is 13.2 Å². The van der Waals surface area contributed by atoms with Gasteiger partial charge in [-0.15, -0.1) is 0 Å². The third-order valence-electron chi connectivity index (χ3n) is 2.86. The van der Waals surface area contributed by atoms with Crippen LogP contribution < -0.4 is 5.32 Å². The van der Waals surface area contributed by atoms with Gasteiger partial charge in [-0.25, -0.2) is 12.7 Å². The summed E-state index contributed by atoms with van der Waals surface area (Å²) in [7, 11) is -1.01. The fraction of sp³-hybridized carbons (Fsp3) is 0.417. The van der Waals surface area contributed by atoms with Gasteiger partial charge in [-0.1, -0.05) is 46.1 Å². The van der Waals surface area contributed by atoms with E-state index in [-0.39, 0.29) is 27.4 Å². The standard InChI is InChI=1S/C12H15BrCl2N2O3S/c1-7(12(18)16-2)6-17(3)21(19,20)11-9(14)4-8(13)5-10(11)15/h4-5,7H,6H2,1-3H3,(H,16,18). The van der Waals surface area contributed by atoms with Crippen molar-refractivity contribution in [2.45, 2.75) is 11.8 Å². The van der Waals surface area contributed by atoms with Crippen LogP contribution in [0.5, 0.6) is 0 Å². The SMILES string of the molecule is CNC(=O)C(C)CN(C)S(=O)(=O)c1c(Cl)cc(Br)cc1Cl. The lowest BCUT2D eigenvalue weighted by atomic mass is 10.2. The monoisotopic (exact) mass is 416 g/mol. The number of halogens is 3. The maximum Gasteiger partial charge on any atom is 0.245 e. The molecule has 0 fully saturated rings. The molecule has 5 nitrogen and oxygen atoms in total. The average Bonchev–Trinajstić information content (AvgIpc) is 2.35. The highest BCUT2D eigenvalue weighted by atomic mass is 79.9. The number of carbonyl (C=O) groups is 1. The molecule has 1 rings (SSSR count). The Morgan fingerprint density at radius 3 is 2.29 bits per heavy atom. The van der Waals surface area contributed by atoms with Crippen LogP contribution in [0.4, 0.5) is 0 Å². The molecule has 1 atom stereocenters. The van der Waals surface area contributed by atoms with Gasteiger partial charge < -0.3 is 5.32 Å². The zero-order valence-corrected chi connectivity index (χ0v) is 15.6. The van der Waals surface area contributed by atoms with Gasteiger partial charge in [0.15, 0.2) is 0 Å². The number of nitrogens with one attached hydrogen (secondary N) is 1. The quantitative estimate of drug-likeness (QED) is 0.800. The number of hydrogen-bond acceptors (Lipinski definition) is 3. The minimum absolute atomic E-state index is 0.0186. The van der Waals surface area contributed by atoms with E-state index in [1.165, 1.54) is 26.2 Å². The molecular formula is C12H15BrCl2N2O3S. The minimum Gasteiger partial charge on any atom is -0.359 e. The van der Waals surface area contributed by atoms with Crippen LogP contribution in [0.15, 0.2) is 21.5 Å². The number of carbonyl (C=O) groups excluding carboxylic acids is 1. The Kier molecular flexibility index (Phi) is 6.49. The molecule has 21 heavy (non-hydrogen) atoms. The maximum atomic E-state index is 12.5. The third-order valence-corrected chi connectivity index (χ3v) is 6.06. The van der Waals surface area contributed by atoms with Crippen molar-refractivity contribution in [2.75, 3.05) is 20.6 Å². The number of sulfonamides is 1. The van der Waals surface area contributed by atoms with E-state index in [0.29, 0.717) is 4.47 Å². The van der Waals surface area contributed by atoms with Crippen molar-refractivity contribution in [3.8, 4) is 0 Å². The molecular weight excluding hydrogens is 403 g/mol. The van der Waals surface area contributed by atoms with Crippen molar-refractivity contribution in [2.24, 2.45) is 5.92 Å². The number of hydrogen-bond donors (Lipinski definition) is 1. The molecule has 0 saturated heterocycles. The molecule has 0 spiro atoms. The van der Waals surface area contributed by atoms with Crippen molar-refractivity contribution >= 4 is 55.1 Å². The van der Waals surface area contributed by atoms with Crippen LogP contribution in [-0.4, -0.2) is 39.3 Å². The van der Waals surface area contributed by atoms with E-state index in [1.54, 1.807) is 6.92 Å². The first-order valence-corrected chi connectivity index (χ1v) is 8.92. The van der Waals surface area contributed by atoms with Gasteiger partial charge in [0.25, 0.3) is 0 Å². The number of rotatable bonds is 5. The van der Waals surface area contributed by atoms with Crippen LogP contribution in [0, 0.1) is 5.92 Å². The molecule has 0 bridgehead atoms. The molecule has 1 unspecified atom stereocenters. The first-order chi connectivity index (χ1) is 9.61. The Labute approximate surface area is 142 Å². The lowest BCUT2D eigenvalue weighted by Gasteiger charge is -2.21. The Hall–Kier alpha value is -0.340. The first-order valence-electron chi connectivity index (χ1n) is 5.93. The second-order valence-electron chi connectivity index (χ2n) is 4.50. The smallest absolute Gasteiger partial charge is 0.245 e. The molecule has 1 aromatic carbocycles. The normalized spacial score (nSPS) is 13.3. The second kappa shape index (κ2) is 7.28. The largest absolute Gasteiger partial charge is 0.359 e. The molecule has 1 amide bonds. The van der Waals surface area contributed by atoms with Gasteiger partial charge >= 0.3 is 0 Å². The van der Waals surface area contributed by atoms with Crippen LogP contribution in [0.2, 0.25) is 10.0 Å². The molecule has 0 saturated carbocycles. The summed E-state index contributed by atoms with van der Waals surface area (Å²) in [6.45, 7) is 1.65. The molecule has 0 aromatic heterocycles. The molecule has 0 heterocycles. The summed E-state index contributed by atoms with van der Waals surface area (Å²) in [6.07, 6.45) is 0. The predicted molar refractivity (Wildman–Crippen MR) is 87.2 cm³/mol. The van der Waals surface area contributed by atoms with Gasteiger partial charge in [0.1, 0.15) is 4.90 Å². The van der Waals surface area contributed by atoms with E-state index >= 15 is 0 Å². The Balaban J connectivity index is 3.15. The number of nitrogens with zero attached hydrogens (tertiary/aromatic N) is 1. The highest BCUT2D eigenvalue weighted by molar-refractivity contribution is 9.10. The van der Waals surface area contributed by atoms with Gasteiger partial charge in [-0.2, -0.15) is 0 Å². The van der Waals surface area contributed by atoms with Gasteiger partial charge in [0.2, 0.25) is 15.9 Å². The van der Waals surface area contributed by atoms with Gasteiger partial charge in [-0.3, -0.25) is 4.79 Å². The van der Waals surface area contributed by atoms with Crippen molar-refractivity contribution in [3.05, 3.63) is 26.7 Å². The molecule has 1 aromatic rings. The van der Waals surface area contributed by atoms with Crippen molar-refractivity contribution in [1.82, 2.24) is 9.62 Å². The van der Waals surface area contributed by atoms with E-state index < -0.39 is 15.9 Å². The molecule has 0 aliphatic rings. The highest BCUT2D eigenvalue weighted by Gasteiger charge is 2.29. The van der Waals surface area contributed by atoms with E-state index in [1.807, 2.05) is 0 Å². The van der Waals surface area contributed by atoms with Crippen LogP contribution in [0.1, 0.15) is 6.92 Å². The third kappa shape index (κ3) is 4.32. The highest BCUT2D eigenvalue weighted by Crippen LogP contribution is 2.34. The Morgan fingerprint density at radius 2 is 1.86 bits per heavy atom. The summed E-state index contributed by atoms with van der Waals surface area (Å²) >= 11 is 15.2. The zero-order valence-electron chi connectivity index (χ0n) is 11.7. The van der Waals surface area contributed by atoms with Crippen LogP contribution in [0.3, 0.4) is 0 Å². The summed E-state index contributed by atoms with van der Waals surface area (Å²) < 4.78 is 26.7. The fourth-order valence-electron chi connectivity index (χ4n) is 1.74. The van der Waals surface area contributed by atoms with E-state index in [2.05, 4.69) is 21.2 Å². The minimum atomic E-state index is -3.89. The number of benzene rings is 1. The molecule has 118 valence electrons. The Morgan fingerprint density at radius 1 is 1.38 bits per heavy atom. The summed E-state index contributed by atoms with van der Waals surface area (Å²) in [5.41, 5.74) is 0. The lowest BCUT2D eigenvalue weighted by molar-refractivity contribution is -0.124. The molecule has 0 aliphatic heterocycles. The molecule has 9 heteroatoms. The molecule has 1 N–H and O–H groups in total. The van der Waals surface area contributed by atoms with Crippen LogP contribution in [-0.2, 0) is 14.8 Å². The topological polar surface area (TPSA) is 66.5 Å². The molecule has 0 radical (unpaired) electrons. The van der Waals surface area contributed by atoms with Crippen LogP contribution >= 0.6 is 39.1 Å². The zero-order chi connectivity index (χ0) is 16.4. The first kappa shape index (κ1) is 18.7. The summed E-state index contributed by atoms with van der Waals surface area (Å²) in [5, 5.41) is 2.52. The van der Waals surface area contributed by atoms with Gasteiger partial charge in [0, 0.05) is 31.0 Å². The summed E-state index contributed by atoms with van der Waals surface area (Å²) in [5.74, 6) is -0.743. The maximum absolute atomic E-state index is 12.5. The van der Waals surface area contributed by atoms with E-state index in [4.69, 9.17) is 23.2 Å². The lowest BCUT2D eigenvalue weighted by Crippen LogP contribution is -2.37. The van der Waals surface area contributed by atoms with Crippen molar-refractivity contribution in [1.29, 1.82) is 0 Å². The van der Waals surface area contributed by atoms with Crippen LogP contribution in [0.25, 0.3) is 0 Å². The second-order valence-corrected chi connectivity index (χ2v) is 8.21. The number of amides is 1. The summed E-state index contributed by atoms with van der Waals surface area (Å²) in [6, 6.07) is 2.91. The average molecular weight is 418 g/mol. The Bertz CT molecular complexity index is 629. The van der Waals surface area contributed by atoms with Crippen molar-refractivity contribution in [3.63, 3.8) is 0 Å². The van der Waals surface area contributed by atoms with E-state index in [9.17, 15) is 13.2 Å². The summed E-state index contributed by atoms with van der Waals surface area (Å²) in [4.78, 5) is 11.3. The van der Waals surface area contributed by atoms with Gasteiger partial charge in [0.05, 0.1) is 10.0 Å².